The van der Waals surface area contributed by atoms with Gasteiger partial charge in [0.25, 0.3) is 0 Å². The summed E-state index contributed by atoms with van der Waals surface area (Å²) in [6.45, 7) is 3.43. The normalized spacial score (nSPS) is 13.9. The van der Waals surface area contributed by atoms with Crippen molar-refractivity contribution in [3.63, 3.8) is 0 Å². The summed E-state index contributed by atoms with van der Waals surface area (Å²) in [5.41, 5.74) is 1.03. The number of rotatable bonds is 8. The molecule has 0 bridgehead atoms. The molecule has 1 aromatic rings. The van der Waals surface area contributed by atoms with E-state index in [0.717, 1.165) is 22.9 Å². The second-order valence-corrected chi connectivity index (χ2v) is 5.84. The average molecular weight is 357 g/mol. The maximum Gasteiger partial charge on any atom is 0.234 e. The van der Waals surface area contributed by atoms with Crippen molar-refractivity contribution in [2.24, 2.45) is 0 Å². The SMILES string of the molecule is CCOc1c(Br)cc(CNCC(=O)NC2CC2)cc1OC. The van der Waals surface area contributed by atoms with Gasteiger partial charge in [0.15, 0.2) is 11.5 Å². The van der Waals surface area contributed by atoms with Gasteiger partial charge in [-0.25, -0.2) is 0 Å². The Morgan fingerprint density at radius 2 is 2.19 bits per heavy atom. The molecule has 2 N–H and O–H groups in total. The van der Waals surface area contributed by atoms with Crippen LogP contribution in [-0.2, 0) is 11.3 Å². The largest absolute Gasteiger partial charge is 0.493 e. The molecule has 116 valence electrons. The summed E-state index contributed by atoms with van der Waals surface area (Å²) in [7, 11) is 1.62. The lowest BCUT2D eigenvalue weighted by Gasteiger charge is -2.13. The first-order valence-corrected chi connectivity index (χ1v) is 7.92. The predicted molar refractivity (Wildman–Crippen MR) is 84.7 cm³/mol. The van der Waals surface area contributed by atoms with E-state index in [0.29, 0.717) is 37.2 Å². The third-order valence-electron chi connectivity index (χ3n) is 3.14. The molecule has 0 aliphatic heterocycles. The Bertz CT molecular complexity index is 504. The molecule has 0 unspecified atom stereocenters. The molecule has 0 spiro atoms. The fraction of sp³-hybridized carbons (Fsp3) is 0.533. The van der Waals surface area contributed by atoms with E-state index in [1.807, 2.05) is 19.1 Å². The smallest absolute Gasteiger partial charge is 0.234 e. The Hall–Kier alpha value is -1.27. The number of carbonyl (C=O) groups excluding carboxylic acids is 1. The molecule has 1 aliphatic rings. The van der Waals surface area contributed by atoms with Gasteiger partial charge in [0, 0.05) is 12.6 Å². The van der Waals surface area contributed by atoms with E-state index >= 15 is 0 Å². The monoisotopic (exact) mass is 356 g/mol. The van der Waals surface area contributed by atoms with Gasteiger partial charge >= 0.3 is 0 Å². The molecule has 1 aromatic carbocycles. The van der Waals surface area contributed by atoms with Crippen LogP contribution in [-0.4, -0.2) is 32.2 Å². The number of amides is 1. The highest BCUT2D eigenvalue weighted by molar-refractivity contribution is 9.10. The van der Waals surface area contributed by atoms with Crippen molar-refractivity contribution in [1.82, 2.24) is 10.6 Å². The molecule has 21 heavy (non-hydrogen) atoms. The van der Waals surface area contributed by atoms with Gasteiger partial charge in [-0.3, -0.25) is 4.79 Å². The van der Waals surface area contributed by atoms with E-state index < -0.39 is 0 Å². The minimum Gasteiger partial charge on any atom is -0.493 e. The van der Waals surface area contributed by atoms with Gasteiger partial charge in [-0.15, -0.1) is 0 Å². The zero-order chi connectivity index (χ0) is 15.2. The predicted octanol–water partition coefficient (Wildman–Crippen LogP) is 2.22. The van der Waals surface area contributed by atoms with E-state index in [1.165, 1.54) is 0 Å². The van der Waals surface area contributed by atoms with Gasteiger partial charge < -0.3 is 20.1 Å². The quantitative estimate of drug-likeness (QED) is 0.749. The lowest BCUT2D eigenvalue weighted by molar-refractivity contribution is -0.120. The van der Waals surface area contributed by atoms with Crippen LogP contribution in [0.1, 0.15) is 25.3 Å². The number of methoxy groups -OCH3 is 1. The van der Waals surface area contributed by atoms with Crippen molar-refractivity contribution in [2.75, 3.05) is 20.3 Å². The van der Waals surface area contributed by atoms with Gasteiger partial charge in [0.2, 0.25) is 5.91 Å². The summed E-state index contributed by atoms with van der Waals surface area (Å²) in [6, 6.07) is 4.29. The zero-order valence-corrected chi connectivity index (χ0v) is 14.0. The van der Waals surface area contributed by atoms with E-state index in [9.17, 15) is 4.79 Å². The summed E-state index contributed by atoms with van der Waals surface area (Å²) in [4.78, 5) is 11.6. The van der Waals surface area contributed by atoms with Crippen molar-refractivity contribution in [1.29, 1.82) is 0 Å². The lowest BCUT2D eigenvalue weighted by atomic mass is 10.2. The molecule has 6 heteroatoms. The van der Waals surface area contributed by atoms with Crippen LogP contribution >= 0.6 is 15.9 Å². The van der Waals surface area contributed by atoms with Crippen LogP contribution < -0.4 is 20.1 Å². The molecule has 5 nitrogen and oxygen atoms in total. The van der Waals surface area contributed by atoms with Gasteiger partial charge in [-0.1, -0.05) is 0 Å². The van der Waals surface area contributed by atoms with Crippen LogP contribution in [0.3, 0.4) is 0 Å². The molecule has 0 saturated heterocycles. The fourth-order valence-electron chi connectivity index (χ4n) is 1.99. The molecule has 1 aliphatic carbocycles. The third kappa shape index (κ3) is 4.89. The first-order valence-electron chi connectivity index (χ1n) is 7.13. The first-order chi connectivity index (χ1) is 10.1. The molecule has 1 saturated carbocycles. The van der Waals surface area contributed by atoms with Gasteiger partial charge in [-0.2, -0.15) is 0 Å². The maximum atomic E-state index is 11.6. The standard InChI is InChI=1S/C15H21BrN2O3/c1-3-21-15-12(16)6-10(7-13(15)20-2)8-17-9-14(19)18-11-4-5-11/h6-7,11,17H,3-5,8-9H2,1-2H3,(H,18,19). The number of hydrogen-bond acceptors (Lipinski definition) is 4. The van der Waals surface area contributed by atoms with E-state index in [4.69, 9.17) is 9.47 Å². The van der Waals surface area contributed by atoms with Crippen LogP contribution in [0.5, 0.6) is 11.5 Å². The maximum absolute atomic E-state index is 11.6. The molecule has 0 heterocycles. The van der Waals surface area contributed by atoms with Crippen LogP contribution in [0.4, 0.5) is 0 Å². The van der Waals surface area contributed by atoms with Gasteiger partial charge in [0.05, 0.1) is 24.7 Å². The second kappa shape index (κ2) is 7.66. The van der Waals surface area contributed by atoms with Crippen LogP contribution in [0.25, 0.3) is 0 Å². The first kappa shape index (κ1) is 16.1. The van der Waals surface area contributed by atoms with Crippen molar-refractivity contribution >= 4 is 21.8 Å². The van der Waals surface area contributed by atoms with Crippen molar-refractivity contribution in [2.45, 2.75) is 32.4 Å². The highest BCUT2D eigenvalue weighted by Gasteiger charge is 2.22. The minimum atomic E-state index is 0.0504. The summed E-state index contributed by atoms with van der Waals surface area (Å²) in [5.74, 6) is 1.44. The number of nitrogens with one attached hydrogen (secondary N) is 2. The number of hydrogen-bond donors (Lipinski definition) is 2. The van der Waals surface area contributed by atoms with Gasteiger partial charge in [-0.05, 0) is 53.4 Å². The number of carbonyl (C=O) groups is 1. The number of halogens is 1. The van der Waals surface area contributed by atoms with E-state index in [1.54, 1.807) is 7.11 Å². The van der Waals surface area contributed by atoms with Crippen LogP contribution in [0, 0.1) is 0 Å². The second-order valence-electron chi connectivity index (χ2n) is 4.99. The third-order valence-corrected chi connectivity index (χ3v) is 3.72. The Kier molecular flexibility index (Phi) is 5.87. The minimum absolute atomic E-state index is 0.0504. The summed E-state index contributed by atoms with van der Waals surface area (Å²) in [5, 5.41) is 6.08. The highest BCUT2D eigenvalue weighted by atomic mass is 79.9. The fourth-order valence-corrected chi connectivity index (χ4v) is 2.59. The summed E-state index contributed by atoms with van der Waals surface area (Å²) < 4.78 is 11.7. The van der Waals surface area contributed by atoms with E-state index in [-0.39, 0.29) is 5.91 Å². The Morgan fingerprint density at radius 3 is 2.81 bits per heavy atom. The lowest BCUT2D eigenvalue weighted by Crippen LogP contribution is -2.34. The van der Waals surface area contributed by atoms with E-state index in [2.05, 4.69) is 26.6 Å². The number of benzene rings is 1. The topological polar surface area (TPSA) is 59.6 Å². The van der Waals surface area contributed by atoms with Crippen molar-refractivity contribution in [3.8, 4) is 11.5 Å². The molecule has 1 fully saturated rings. The molecular formula is C15H21BrN2O3. The molecule has 0 radical (unpaired) electrons. The van der Waals surface area contributed by atoms with Crippen molar-refractivity contribution in [3.05, 3.63) is 22.2 Å². The molecule has 0 aromatic heterocycles. The Labute approximate surface area is 133 Å². The van der Waals surface area contributed by atoms with Crippen LogP contribution in [0.2, 0.25) is 0 Å². The summed E-state index contributed by atoms with van der Waals surface area (Å²) >= 11 is 3.49. The Balaban J connectivity index is 1.90. The van der Waals surface area contributed by atoms with Crippen LogP contribution in [0.15, 0.2) is 16.6 Å². The molecule has 0 atom stereocenters. The summed E-state index contributed by atoms with van der Waals surface area (Å²) in [6.07, 6.45) is 2.21. The van der Waals surface area contributed by atoms with Crippen molar-refractivity contribution < 1.29 is 14.3 Å². The Morgan fingerprint density at radius 1 is 1.43 bits per heavy atom. The van der Waals surface area contributed by atoms with Gasteiger partial charge in [0.1, 0.15) is 0 Å². The zero-order valence-electron chi connectivity index (χ0n) is 12.4. The average Bonchev–Trinajstić information content (AvgIpc) is 3.25. The molecular weight excluding hydrogens is 336 g/mol. The molecule has 2 rings (SSSR count). The molecule has 1 amide bonds. The number of ether oxygens (including phenoxy) is 2. The highest BCUT2D eigenvalue weighted by Crippen LogP contribution is 2.36.